The third-order valence-corrected chi connectivity index (χ3v) is 9.00. The zero-order valence-corrected chi connectivity index (χ0v) is 23.4. The lowest BCUT2D eigenvalue weighted by Gasteiger charge is -2.51. The summed E-state index contributed by atoms with van der Waals surface area (Å²) in [4.78, 5) is 9.15. The number of alkyl halides is 3. The van der Waals surface area contributed by atoms with Gasteiger partial charge >= 0.3 is 6.18 Å². The minimum absolute atomic E-state index is 0.0211. The molecule has 7 heteroatoms. The van der Waals surface area contributed by atoms with Crippen LogP contribution >= 0.6 is 0 Å². The van der Waals surface area contributed by atoms with Crippen LogP contribution in [0.4, 0.5) is 13.2 Å². The van der Waals surface area contributed by atoms with Gasteiger partial charge in [0.05, 0.1) is 23.0 Å². The van der Waals surface area contributed by atoms with Gasteiger partial charge in [-0.05, 0) is 80.9 Å². The molecule has 204 valence electrons. The van der Waals surface area contributed by atoms with Crippen molar-refractivity contribution in [1.29, 1.82) is 0 Å². The van der Waals surface area contributed by atoms with Crippen LogP contribution in [0.2, 0.25) is 0 Å². The van der Waals surface area contributed by atoms with E-state index in [1.807, 2.05) is 20.8 Å². The summed E-state index contributed by atoms with van der Waals surface area (Å²) >= 11 is 0. The molecule has 0 amide bonds. The predicted octanol–water partition coefficient (Wildman–Crippen LogP) is 8.01. The first-order valence-corrected chi connectivity index (χ1v) is 13.4. The molecule has 2 heterocycles. The number of aromatic nitrogens is 2. The normalized spacial score (nSPS) is 20.6. The highest BCUT2D eigenvalue weighted by Crippen LogP contribution is 2.56. The average molecular weight is 519 g/mol. The van der Waals surface area contributed by atoms with E-state index in [4.69, 9.17) is 9.72 Å². The number of hydrogen-bond donors (Lipinski definition) is 1. The number of aliphatic hydroxyl groups excluding tert-OH is 1. The fourth-order valence-electron chi connectivity index (χ4n) is 5.66. The second-order valence-corrected chi connectivity index (χ2v) is 13.0. The second kappa shape index (κ2) is 9.33. The molecule has 0 bridgehead atoms. The Labute approximate surface area is 219 Å². The van der Waals surface area contributed by atoms with Crippen molar-refractivity contribution in [1.82, 2.24) is 9.97 Å². The van der Waals surface area contributed by atoms with Gasteiger partial charge in [0, 0.05) is 28.7 Å². The zero-order valence-electron chi connectivity index (χ0n) is 23.4. The topological polar surface area (TPSA) is 55.2 Å². The van der Waals surface area contributed by atoms with Gasteiger partial charge in [-0.25, -0.2) is 0 Å². The van der Waals surface area contributed by atoms with Gasteiger partial charge in [0.1, 0.15) is 6.10 Å². The molecular formula is C30H41F3N2O2. The minimum Gasteiger partial charge on any atom is -0.382 e. The molecule has 2 atom stereocenters. The van der Waals surface area contributed by atoms with Crippen LogP contribution in [0.25, 0.3) is 0 Å². The fourth-order valence-corrected chi connectivity index (χ4v) is 5.66. The number of pyridine rings is 2. The number of nitrogens with zero attached hydrogens (tertiary/aromatic N) is 2. The molecule has 2 aliphatic rings. The Bertz CT molecular complexity index is 1140. The molecule has 1 saturated carbocycles. The molecule has 0 aliphatic heterocycles. The van der Waals surface area contributed by atoms with Crippen LogP contribution in [0.3, 0.4) is 0 Å². The highest BCUT2D eigenvalue weighted by atomic mass is 19.4. The standard InChI is InChI=1S/C30H41F3N2O2/c1-17(2)25-24(26(36)20-11-10-19(16-34-20)30(31,32)33)18(3)23-21(35-25)14-29(12-9-13-29)15-22(23)37-28(7,8)27(4,5)6/h10-11,16-17,22,26,36H,9,12-15H2,1-8H3. The fraction of sp³-hybridized carbons (Fsp3) is 0.667. The molecule has 4 nitrogen and oxygen atoms in total. The zero-order chi connectivity index (χ0) is 27.6. The summed E-state index contributed by atoms with van der Waals surface area (Å²) < 4.78 is 46.2. The average Bonchev–Trinajstić information content (AvgIpc) is 2.75. The van der Waals surface area contributed by atoms with Crippen molar-refractivity contribution in [3.05, 3.63) is 57.7 Å². The van der Waals surface area contributed by atoms with Crippen LogP contribution in [0.5, 0.6) is 0 Å². The first kappa shape index (κ1) is 28.0. The maximum atomic E-state index is 13.1. The Hall–Kier alpha value is -1.99. The monoisotopic (exact) mass is 518 g/mol. The van der Waals surface area contributed by atoms with Gasteiger partial charge in [-0.2, -0.15) is 13.2 Å². The van der Waals surface area contributed by atoms with Crippen LogP contribution in [0, 0.1) is 17.8 Å². The molecular weight excluding hydrogens is 477 g/mol. The molecule has 2 aromatic heterocycles. The number of fused-ring (bicyclic) bond motifs is 1. The molecule has 0 radical (unpaired) electrons. The van der Waals surface area contributed by atoms with Gasteiger partial charge in [-0.1, -0.05) is 41.0 Å². The highest BCUT2D eigenvalue weighted by molar-refractivity contribution is 5.47. The summed E-state index contributed by atoms with van der Waals surface area (Å²) in [6.07, 6.45) is 0.311. The third-order valence-electron chi connectivity index (χ3n) is 9.00. The molecule has 1 spiro atoms. The van der Waals surface area contributed by atoms with E-state index in [0.29, 0.717) is 5.56 Å². The van der Waals surface area contributed by atoms with Crippen LogP contribution in [0.1, 0.15) is 132 Å². The molecule has 2 aromatic rings. The SMILES string of the molecule is Cc1c2c(nc(C(C)C)c1C(O)c1ccc(C(F)(F)F)cn1)CC1(CCC1)CC2OC(C)(C)C(C)(C)C. The number of rotatable bonds is 5. The maximum absolute atomic E-state index is 13.1. The summed E-state index contributed by atoms with van der Waals surface area (Å²) in [5.41, 5.74) is 3.43. The lowest BCUT2D eigenvalue weighted by Crippen LogP contribution is -2.45. The molecule has 0 saturated heterocycles. The number of ether oxygens (including phenoxy) is 1. The van der Waals surface area contributed by atoms with Crippen LogP contribution in [-0.4, -0.2) is 20.7 Å². The number of aliphatic hydroxyl groups is 1. The number of halogens is 3. The minimum atomic E-state index is -4.48. The van der Waals surface area contributed by atoms with E-state index in [1.54, 1.807) is 0 Å². The van der Waals surface area contributed by atoms with E-state index >= 15 is 0 Å². The van der Waals surface area contributed by atoms with Crippen molar-refractivity contribution in [3.63, 3.8) is 0 Å². The largest absolute Gasteiger partial charge is 0.417 e. The third kappa shape index (κ3) is 5.18. The second-order valence-electron chi connectivity index (χ2n) is 13.0. The van der Waals surface area contributed by atoms with Crippen molar-refractivity contribution >= 4 is 0 Å². The van der Waals surface area contributed by atoms with Crippen molar-refractivity contribution in [2.45, 2.75) is 117 Å². The van der Waals surface area contributed by atoms with Crippen molar-refractivity contribution in [3.8, 4) is 0 Å². The maximum Gasteiger partial charge on any atom is 0.417 e. The van der Waals surface area contributed by atoms with E-state index in [9.17, 15) is 18.3 Å². The summed E-state index contributed by atoms with van der Waals surface area (Å²) in [6.45, 7) is 16.8. The summed E-state index contributed by atoms with van der Waals surface area (Å²) in [5, 5.41) is 11.5. The van der Waals surface area contributed by atoms with Crippen molar-refractivity contribution in [2.24, 2.45) is 10.8 Å². The van der Waals surface area contributed by atoms with E-state index in [2.05, 4.69) is 39.6 Å². The highest BCUT2D eigenvalue weighted by Gasteiger charge is 2.48. The Morgan fingerprint density at radius 1 is 1.08 bits per heavy atom. The number of hydrogen-bond acceptors (Lipinski definition) is 4. The lowest BCUT2D eigenvalue weighted by molar-refractivity contribution is -0.153. The molecule has 1 N–H and O–H groups in total. The molecule has 4 rings (SSSR count). The Kier molecular flexibility index (Phi) is 7.07. The molecule has 0 aromatic carbocycles. The van der Waals surface area contributed by atoms with Gasteiger partial charge in [0.2, 0.25) is 0 Å². The predicted molar refractivity (Wildman–Crippen MR) is 138 cm³/mol. The molecule has 37 heavy (non-hydrogen) atoms. The van der Waals surface area contributed by atoms with Crippen molar-refractivity contribution < 1.29 is 23.0 Å². The smallest absolute Gasteiger partial charge is 0.382 e. The van der Waals surface area contributed by atoms with Crippen LogP contribution in [-0.2, 0) is 17.3 Å². The first-order valence-electron chi connectivity index (χ1n) is 13.4. The summed E-state index contributed by atoms with van der Waals surface area (Å²) in [7, 11) is 0. The van der Waals surface area contributed by atoms with Gasteiger partial charge in [-0.15, -0.1) is 0 Å². The molecule has 2 aliphatic carbocycles. The van der Waals surface area contributed by atoms with Crippen molar-refractivity contribution in [2.75, 3.05) is 0 Å². The van der Waals surface area contributed by atoms with E-state index in [1.165, 1.54) is 25.3 Å². The summed E-state index contributed by atoms with van der Waals surface area (Å²) in [6, 6.07) is 2.23. The van der Waals surface area contributed by atoms with E-state index in [0.717, 1.165) is 47.6 Å². The summed E-state index contributed by atoms with van der Waals surface area (Å²) in [5.74, 6) is 0.0211. The lowest BCUT2D eigenvalue weighted by atomic mass is 9.59. The van der Waals surface area contributed by atoms with Gasteiger partial charge in [-0.3, -0.25) is 9.97 Å². The molecule has 2 unspecified atom stereocenters. The quantitative estimate of drug-likeness (QED) is 0.436. The van der Waals surface area contributed by atoms with Gasteiger partial charge in [0.15, 0.2) is 0 Å². The van der Waals surface area contributed by atoms with Crippen LogP contribution < -0.4 is 0 Å². The van der Waals surface area contributed by atoms with E-state index in [-0.39, 0.29) is 28.5 Å². The van der Waals surface area contributed by atoms with Gasteiger partial charge in [0.25, 0.3) is 0 Å². The Morgan fingerprint density at radius 3 is 2.19 bits per heavy atom. The van der Waals surface area contributed by atoms with Gasteiger partial charge < -0.3 is 9.84 Å². The Balaban J connectivity index is 1.84. The Morgan fingerprint density at radius 2 is 1.73 bits per heavy atom. The first-order chi connectivity index (χ1) is 17.0. The molecule has 1 fully saturated rings. The van der Waals surface area contributed by atoms with Crippen LogP contribution in [0.15, 0.2) is 18.3 Å². The van der Waals surface area contributed by atoms with E-state index < -0.39 is 23.4 Å².